The minimum Gasteiger partial charge on any atom is -0.325 e. The second kappa shape index (κ2) is 5.35. The van der Waals surface area contributed by atoms with Crippen molar-refractivity contribution in [3.63, 3.8) is 0 Å². The fourth-order valence-electron chi connectivity index (χ4n) is 3.22. The van der Waals surface area contributed by atoms with Crippen LogP contribution in [-0.4, -0.2) is 5.54 Å². The molecule has 0 aliphatic heterocycles. The van der Waals surface area contributed by atoms with Crippen LogP contribution in [-0.2, 0) is 6.42 Å². The molecule has 0 aromatic heterocycles. The zero-order valence-corrected chi connectivity index (χ0v) is 10.9. The highest BCUT2D eigenvalue weighted by atomic mass is 19.2. The van der Waals surface area contributed by atoms with Crippen molar-refractivity contribution in [1.82, 2.24) is 0 Å². The number of rotatable bonds is 3. The third-order valence-electron chi connectivity index (χ3n) is 4.30. The Morgan fingerprint density at radius 2 is 2.11 bits per heavy atom. The number of hydrogen-bond acceptors (Lipinski definition) is 1. The first kappa shape index (κ1) is 13.5. The van der Waals surface area contributed by atoms with E-state index in [1.54, 1.807) is 12.1 Å². The van der Waals surface area contributed by atoms with Gasteiger partial charge in [0, 0.05) is 5.54 Å². The average molecular weight is 253 g/mol. The van der Waals surface area contributed by atoms with Crippen LogP contribution in [0, 0.1) is 17.6 Å². The molecule has 18 heavy (non-hydrogen) atoms. The van der Waals surface area contributed by atoms with Crippen molar-refractivity contribution in [2.45, 2.75) is 51.0 Å². The van der Waals surface area contributed by atoms with Gasteiger partial charge in [0.2, 0.25) is 0 Å². The summed E-state index contributed by atoms with van der Waals surface area (Å²) in [6.07, 6.45) is 5.74. The van der Waals surface area contributed by atoms with Gasteiger partial charge in [-0.3, -0.25) is 0 Å². The molecule has 0 saturated heterocycles. The molecule has 1 nitrogen and oxygen atoms in total. The normalized spacial score (nSPS) is 28.3. The Bertz CT molecular complexity index is 419. The molecule has 0 bridgehead atoms. The van der Waals surface area contributed by atoms with Crippen LogP contribution in [0.1, 0.15) is 44.6 Å². The van der Waals surface area contributed by atoms with Gasteiger partial charge in [0.15, 0.2) is 11.6 Å². The van der Waals surface area contributed by atoms with Crippen LogP contribution >= 0.6 is 0 Å². The Morgan fingerprint density at radius 3 is 2.83 bits per heavy atom. The van der Waals surface area contributed by atoms with E-state index in [1.807, 2.05) is 0 Å². The standard InChI is InChI=1S/C15H21F2N/c1-2-12-7-3-4-9-15(12,18)10-11-6-5-8-13(16)14(11)17/h5-6,8,12H,2-4,7,9-10,18H2,1H3. The molecule has 100 valence electrons. The van der Waals surface area contributed by atoms with Gasteiger partial charge < -0.3 is 5.73 Å². The summed E-state index contributed by atoms with van der Waals surface area (Å²) >= 11 is 0. The van der Waals surface area contributed by atoms with Crippen LogP contribution < -0.4 is 5.73 Å². The first-order valence-electron chi connectivity index (χ1n) is 6.78. The molecule has 1 fully saturated rings. The Balaban J connectivity index is 2.23. The second-order valence-electron chi connectivity index (χ2n) is 5.47. The van der Waals surface area contributed by atoms with E-state index in [1.165, 1.54) is 6.42 Å². The summed E-state index contributed by atoms with van der Waals surface area (Å²) in [6.45, 7) is 2.12. The predicted molar refractivity (Wildman–Crippen MR) is 69.2 cm³/mol. The molecule has 1 aliphatic carbocycles. The van der Waals surface area contributed by atoms with Gasteiger partial charge in [0.1, 0.15) is 0 Å². The minimum atomic E-state index is -0.778. The number of halogens is 2. The third-order valence-corrected chi connectivity index (χ3v) is 4.30. The second-order valence-corrected chi connectivity index (χ2v) is 5.47. The maximum absolute atomic E-state index is 13.7. The first-order chi connectivity index (χ1) is 8.57. The van der Waals surface area contributed by atoms with Crippen LogP contribution in [0.25, 0.3) is 0 Å². The van der Waals surface area contributed by atoms with Gasteiger partial charge in [-0.1, -0.05) is 38.3 Å². The van der Waals surface area contributed by atoms with Crippen LogP contribution in [0.2, 0.25) is 0 Å². The molecule has 1 saturated carbocycles. The van der Waals surface area contributed by atoms with Gasteiger partial charge in [-0.2, -0.15) is 0 Å². The number of nitrogens with two attached hydrogens (primary N) is 1. The van der Waals surface area contributed by atoms with Crippen molar-refractivity contribution in [3.8, 4) is 0 Å². The highest BCUT2D eigenvalue weighted by molar-refractivity contribution is 5.22. The van der Waals surface area contributed by atoms with Crippen LogP contribution in [0.3, 0.4) is 0 Å². The van der Waals surface area contributed by atoms with Gasteiger partial charge >= 0.3 is 0 Å². The molecular weight excluding hydrogens is 232 g/mol. The molecule has 0 heterocycles. The topological polar surface area (TPSA) is 26.0 Å². The van der Waals surface area contributed by atoms with Gasteiger partial charge in [-0.05, 0) is 36.8 Å². The summed E-state index contributed by atoms with van der Waals surface area (Å²) in [4.78, 5) is 0. The largest absolute Gasteiger partial charge is 0.325 e. The van der Waals surface area contributed by atoms with Gasteiger partial charge in [0.25, 0.3) is 0 Å². The maximum Gasteiger partial charge on any atom is 0.162 e. The summed E-state index contributed by atoms with van der Waals surface area (Å²) < 4.78 is 26.9. The summed E-state index contributed by atoms with van der Waals surface area (Å²) in [5.41, 5.74) is 6.52. The summed E-state index contributed by atoms with van der Waals surface area (Å²) in [7, 11) is 0. The number of benzene rings is 1. The van der Waals surface area contributed by atoms with E-state index in [9.17, 15) is 8.78 Å². The van der Waals surface area contributed by atoms with Crippen molar-refractivity contribution < 1.29 is 8.78 Å². The van der Waals surface area contributed by atoms with E-state index >= 15 is 0 Å². The lowest BCUT2D eigenvalue weighted by molar-refractivity contribution is 0.180. The molecule has 3 heteroatoms. The Hall–Kier alpha value is -0.960. The molecule has 1 aliphatic rings. The van der Waals surface area contributed by atoms with Crippen molar-refractivity contribution >= 4 is 0 Å². The molecule has 2 N–H and O–H groups in total. The van der Waals surface area contributed by atoms with E-state index in [0.717, 1.165) is 31.7 Å². The summed E-state index contributed by atoms with van der Waals surface area (Å²) in [5.74, 6) is -1.10. The fourth-order valence-corrected chi connectivity index (χ4v) is 3.22. The zero-order chi connectivity index (χ0) is 13.2. The van der Waals surface area contributed by atoms with Crippen LogP contribution in [0.4, 0.5) is 8.78 Å². The molecule has 0 amide bonds. The SMILES string of the molecule is CCC1CCCCC1(N)Cc1cccc(F)c1F. The molecule has 2 atom stereocenters. The summed E-state index contributed by atoms with van der Waals surface area (Å²) in [5, 5.41) is 0. The van der Waals surface area contributed by atoms with Gasteiger partial charge in [0.05, 0.1) is 0 Å². The first-order valence-corrected chi connectivity index (χ1v) is 6.78. The lowest BCUT2D eigenvalue weighted by Gasteiger charge is -2.41. The van der Waals surface area contributed by atoms with Crippen molar-refractivity contribution in [1.29, 1.82) is 0 Å². The number of hydrogen-bond donors (Lipinski definition) is 1. The average Bonchev–Trinajstić information content (AvgIpc) is 2.35. The Morgan fingerprint density at radius 1 is 1.33 bits per heavy atom. The Labute approximate surface area is 107 Å². The van der Waals surface area contributed by atoms with E-state index in [2.05, 4.69) is 6.92 Å². The molecule has 1 aromatic carbocycles. The smallest absolute Gasteiger partial charge is 0.162 e. The molecule has 0 spiro atoms. The predicted octanol–water partition coefficient (Wildman–Crippen LogP) is 3.81. The van der Waals surface area contributed by atoms with Gasteiger partial charge in [-0.25, -0.2) is 8.78 Å². The lowest BCUT2D eigenvalue weighted by Crippen LogP contribution is -2.51. The molecule has 1 aromatic rings. The minimum absolute atomic E-state index is 0.373. The molecule has 2 rings (SSSR count). The van der Waals surface area contributed by atoms with Crippen molar-refractivity contribution in [3.05, 3.63) is 35.4 Å². The Kier molecular flexibility index (Phi) is 4.00. The highest BCUT2D eigenvalue weighted by Crippen LogP contribution is 2.36. The maximum atomic E-state index is 13.7. The molecular formula is C15H21F2N. The molecule has 0 radical (unpaired) electrons. The zero-order valence-electron chi connectivity index (χ0n) is 10.9. The van der Waals surface area contributed by atoms with Crippen LogP contribution in [0.5, 0.6) is 0 Å². The van der Waals surface area contributed by atoms with Crippen molar-refractivity contribution in [2.24, 2.45) is 11.7 Å². The molecule has 2 unspecified atom stereocenters. The lowest BCUT2D eigenvalue weighted by atomic mass is 9.69. The summed E-state index contributed by atoms with van der Waals surface area (Å²) in [6, 6.07) is 4.36. The quantitative estimate of drug-likeness (QED) is 0.871. The monoisotopic (exact) mass is 253 g/mol. The fraction of sp³-hybridized carbons (Fsp3) is 0.600. The van der Waals surface area contributed by atoms with E-state index in [-0.39, 0.29) is 5.54 Å². The third kappa shape index (κ3) is 2.56. The van der Waals surface area contributed by atoms with E-state index in [0.29, 0.717) is 17.9 Å². The van der Waals surface area contributed by atoms with E-state index in [4.69, 9.17) is 5.73 Å². The van der Waals surface area contributed by atoms with Crippen molar-refractivity contribution in [2.75, 3.05) is 0 Å². The van der Waals surface area contributed by atoms with Gasteiger partial charge in [-0.15, -0.1) is 0 Å². The van der Waals surface area contributed by atoms with Crippen LogP contribution in [0.15, 0.2) is 18.2 Å². The van der Waals surface area contributed by atoms with E-state index < -0.39 is 11.6 Å². The highest BCUT2D eigenvalue weighted by Gasteiger charge is 2.36.